The molecule has 1 rings (SSSR count). The Kier molecular flexibility index (Phi) is 5.05. The molecule has 1 N–H and O–H groups in total. The lowest BCUT2D eigenvalue weighted by Crippen LogP contribution is -2.32. The summed E-state index contributed by atoms with van der Waals surface area (Å²) in [6, 6.07) is 1.96. The van der Waals surface area contributed by atoms with Gasteiger partial charge in [-0.1, -0.05) is 11.6 Å². The van der Waals surface area contributed by atoms with Crippen molar-refractivity contribution in [2.24, 2.45) is 0 Å². The molecule has 1 aromatic rings. The topological polar surface area (TPSA) is 32.3 Å². The molecule has 0 aliphatic carbocycles. The maximum atomic E-state index is 11.2. The zero-order valence-corrected chi connectivity index (χ0v) is 11.7. The molecule has 1 heterocycles. The molecule has 3 nitrogen and oxygen atoms in total. The summed E-state index contributed by atoms with van der Waals surface area (Å²) in [4.78, 5) is 13.9. The summed E-state index contributed by atoms with van der Waals surface area (Å²) in [5.74, 6) is 0.0664. The van der Waals surface area contributed by atoms with E-state index in [9.17, 15) is 4.79 Å². The Labute approximate surface area is 107 Å². The van der Waals surface area contributed by atoms with Crippen molar-refractivity contribution in [3.8, 4) is 0 Å². The fourth-order valence-corrected chi connectivity index (χ4v) is 2.69. The quantitative estimate of drug-likeness (QED) is 0.926. The van der Waals surface area contributed by atoms with E-state index in [2.05, 4.69) is 21.2 Å². The van der Waals surface area contributed by atoms with Crippen LogP contribution in [0, 0.1) is 0 Å². The van der Waals surface area contributed by atoms with Crippen molar-refractivity contribution in [2.75, 3.05) is 20.6 Å². The second kappa shape index (κ2) is 5.84. The molecule has 0 bridgehead atoms. The minimum atomic E-state index is 0.0664. The van der Waals surface area contributed by atoms with Gasteiger partial charge in [0.1, 0.15) is 4.34 Å². The van der Waals surface area contributed by atoms with E-state index in [0.29, 0.717) is 13.1 Å². The van der Waals surface area contributed by atoms with E-state index in [1.165, 1.54) is 11.3 Å². The van der Waals surface area contributed by atoms with Crippen LogP contribution in [-0.2, 0) is 11.3 Å². The number of carbonyl (C=O) groups is 1. The van der Waals surface area contributed by atoms with Crippen molar-refractivity contribution in [3.05, 3.63) is 19.8 Å². The molecule has 0 saturated carbocycles. The molecule has 1 aromatic heterocycles. The van der Waals surface area contributed by atoms with Crippen molar-refractivity contribution >= 4 is 44.8 Å². The Bertz CT molecular complexity index is 334. The molecular weight excluding hydrogens is 300 g/mol. The highest BCUT2D eigenvalue weighted by Gasteiger charge is 2.06. The van der Waals surface area contributed by atoms with Gasteiger partial charge in [0.15, 0.2) is 0 Å². The summed E-state index contributed by atoms with van der Waals surface area (Å²) < 4.78 is 1.65. The number of rotatable bonds is 4. The number of carbonyl (C=O) groups excluding carboxylic acids is 1. The molecule has 1 amide bonds. The van der Waals surface area contributed by atoms with E-state index in [-0.39, 0.29) is 5.91 Å². The normalized spacial score (nSPS) is 10.4. The lowest BCUT2D eigenvalue weighted by molar-refractivity contribution is -0.127. The smallest absolute Gasteiger partial charge is 0.236 e. The van der Waals surface area contributed by atoms with Gasteiger partial charge in [0.05, 0.1) is 6.54 Å². The number of likely N-dealkylation sites (N-methyl/N-ethyl adjacent to an activating group) is 1. The Morgan fingerprint density at radius 2 is 2.33 bits per heavy atom. The highest BCUT2D eigenvalue weighted by molar-refractivity contribution is 9.10. The first-order chi connectivity index (χ1) is 7.00. The number of thiophene rings is 1. The van der Waals surface area contributed by atoms with Gasteiger partial charge in [0.25, 0.3) is 0 Å². The van der Waals surface area contributed by atoms with Crippen molar-refractivity contribution in [1.82, 2.24) is 10.2 Å². The SMILES string of the molecule is CN(C)C(=O)CNCc1cc(Br)c(Cl)s1. The van der Waals surface area contributed by atoms with Crippen LogP contribution in [0.15, 0.2) is 10.5 Å². The summed E-state index contributed by atoms with van der Waals surface area (Å²) in [6.07, 6.45) is 0. The van der Waals surface area contributed by atoms with Gasteiger partial charge in [0.2, 0.25) is 5.91 Å². The molecule has 6 heteroatoms. The van der Waals surface area contributed by atoms with Gasteiger partial charge in [-0.2, -0.15) is 0 Å². The van der Waals surface area contributed by atoms with E-state index >= 15 is 0 Å². The van der Waals surface area contributed by atoms with Gasteiger partial charge < -0.3 is 10.2 Å². The summed E-state index contributed by atoms with van der Waals surface area (Å²) in [5.41, 5.74) is 0. The minimum Gasteiger partial charge on any atom is -0.348 e. The number of nitrogens with one attached hydrogen (secondary N) is 1. The third-order valence-corrected chi connectivity index (χ3v) is 4.25. The molecule has 0 aliphatic rings. The molecule has 15 heavy (non-hydrogen) atoms. The Hall–Kier alpha value is -0.100. The van der Waals surface area contributed by atoms with E-state index in [0.717, 1.165) is 13.7 Å². The predicted molar refractivity (Wildman–Crippen MR) is 67.4 cm³/mol. The zero-order valence-electron chi connectivity index (χ0n) is 8.51. The molecule has 0 aromatic carbocycles. The average molecular weight is 312 g/mol. The number of halogens is 2. The van der Waals surface area contributed by atoms with Crippen LogP contribution in [0.2, 0.25) is 4.34 Å². The molecule has 0 aliphatic heterocycles. The summed E-state index contributed by atoms with van der Waals surface area (Å²) >= 11 is 10.7. The van der Waals surface area contributed by atoms with E-state index in [4.69, 9.17) is 11.6 Å². The van der Waals surface area contributed by atoms with Crippen LogP contribution < -0.4 is 5.32 Å². The van der Waals surface area contributed by atoms with Gasteiger partial charge in [-0.25, -0.2) is 0 Å². The van der Waals surface area contributed by atoms with Crippen LogP contribution in [0.25, 0.3) is 0 Å². The predicted octanol–water partition coefficient (Wildman–Crippen LogP) is 2.34. The second-order valence-electron chi connectivity index (χ2n) is 3.23. The first-order valence-electron chi connectivity index (χ1n) is 4.35. The summed E-state index contributed by atoms with van der Waals surface area (Å²) in [7, 11) is 3.48. The fraction of sp³-hybridized carbons (Fsp3) is 0.444. The Morgan fingerprint density at radius 3 is 2.80 bits per heavy atom. The fourth-order valence-electron chi connectivity index (χ4n) is 0.929. The number of amides is 1. The van der Waals surface area contributed by atoms with Gasteiger partial charge >= 0.3 is 0 Å². The highest BCUT2D eigenvalue weighted by atomic mass is 79.9. The number of hydrogen-bond donors (Lipinski definition) is 1. The Morgan fingerprint density at radius 1 is 1.67 bits per heavy atom. The first kappa shape index (κ1) is 13.0. The van der Waals surface area contributed by atoms with Crippen LogP contribution in [0.1, 0.15) is 4.88 Å². The molecular formula is C9H12BrClN2OS. The molecule has 0 saturated heterocycles. The van der Waals surface area contributed by atoms with Crippen LogP contribution in [0.5, 0.6) is 0 Å². The third kappa shape index (κ3) is 4.10. The van der Waals surface area contributed by atoms with Crippen molar-refractivity contribution in [3.63, 3.8) is 0 Å². The highest BCUT2D eigenvalue weighted by Crippen LogP contribution is 2.31. The molecule has 84 valence electrons. The molecule has 0 fully saturated rings. The van der Waals surface area contributed by atoms with Crippen molar-refractivity contribution < 1.29 is 4.79 Å². The number of nitrogens with zero attached hydrogens (tertiary/aromatic N) is 1. The summed E-state index contributed by atoms with van der Waals surface area (Å²) in [6.45, 7) is 1.01. The second-order valence-corrected chi connectivity index (χ2v) is 5.82. The van der Waals surface area contributed by atoms with Gasteiger partial charge in [-0.05, 0) is 22.0 Å². The molecule has 0 radical (unpaired) electrons. The van der Waals surface area contributed by atoms with Crippen molar-refractivity contribution in [1.29, 1.82) is 0 Å². The van der Waals surface area contributed by atoms with Crippen LogP contribution >= 0.6 is 38.9 Å². The minimum absolute atomic E-state index is 0.0664. The van der Waals surface area contributed by atoms with Gasteiger partial charge in [-0.15, -0.1) is 11.3 Å². The lowest BCUT2D eigenvalue weighted by Gasteiger charge is -2.10. The zero-order chi connectivity index (χ0) is 11.4. The summed E-state index contributed by atoms with van der Waals surface area (Å²) in [5, 5.41) is 3.06. The molecule has 0 unspecified atom stereocenters. The van der Waals surface area contributed by atoms with Crippen LogP contribution in [-0.4, -0.2) is 31.4 Å². The van der Waals surface area contributed by atoms with Gasteiger partial charge in [0, 0.05) is 30.0 Å². The molecule has 0 spiro atoms. The van der Waals surface area contributed by atoms with Gasteiger partial charge in [-0.3, -0.25) is 4.79 Å². The largest absolute Gasteiger partial charge is 0.348 e. The Balaban J connectivity index is 2.35. The van der Waals surface area contributed by atoms with E-state index in [1.54, 1.807) is 19.0 Å². The van der Waals surface area contributed by atoms with Crippen LogP contribution in [0.4, 0.5) is 0 Å². The lowest BCUT2D eigenvalue weighted by atomic mass is 10.4. The van der Waals surface area contributed by atoms with Crippen LogP contribution in [0.3, 0.4) is 0 Å². The maximum Gasteiger partial charge on any atom is 0.236 e. The third-order valence-electron chi connectivity index (χ3n) is 1.77. The van der Waals surface area contributed by atoms with Crippen molar-refractivity contribution in [2.45, 2.75) is 6.54 Å². The molecule has 0 atom stereocenters. The average Bonchev–Trinajstić information content (AvgIpc) is 2.46. The monoisotopic (exact) mass is 310 g/mol. The van der Waals surface area contributed by atoms with E-state index in [1.807, 2.05) is 6.07 Å². The maximum absolute atomic E-state index is 11.2. The van der Waals surface area contributed by atoms with E-state index < -0.39 is 0 Å². The standard InChI is InChI=1S/C9H12BrClN2OS/c1-13(2)8(14)5-12-4-6-3-7(10)9(11)15-6/h3,12H,4-5H2,1-2H3. The first-order valence-corrected chi connectivity index (χ1v) is 6.34. The number of hydrogen-bond acceptors (Lipinski definition) is 3.